The van der Waals surface area contributed by atoms with Crippen LogP contribution < -0.4 is 5.73 Å². The van der Waals surface area contributed by atoms with E-state index in [9.17, 15) is 4.79 Å². The van der Waals surface area contributed by atoms with Crippen LogP contribution in [0.25, 0.3) is 0 Å². The Kier molecular flexibility index (Phi) is 5.29. The number of hydrogen-bond acceptors (Lipinski definition) is 3. The van der Waals surface area contributed by atoms with E-state index in [1.807, 2.05) is 27.0 Å². The number of nitrogens with two attached hydrogens (primary N) is 1. The predicted molar refractivity (Wildman–Crippen MR) is 60.8 cm³/mol. The third-order valence-electron chi connectivity index (χ3n) is 1.93. The average Bonchev–Trinajstić information content (AvgIpc) is 2.00. The fourth-order valence-corrected chi connectivity index (χ4v) is 2.10. The number of rotatable bonds is 4. The molecule has 0 aliphatic carbocycles. The van der Waals surface area contributed by atoms with Gasteiger partial charge in [-0.3, -0.25) is 4.90 Å². The summed E-state index contributed by atoms with van der Waals surface area (Å²) in [5, 5.41) is 9.10. The summed E-state index contributed by atoms with van der Waals surface area (Å²) in [7, 11) is 0. The molecular weight excluding hydrogens is 200 g/mol. The zero-order valence-electron chi connectivity index (χ0n) is 9.28. The van der Waals surface area contributed by atoms with Gasteiger partial charge in [0.2, 0.25) is 0 Å². The molecule has 0 bridgehead atoms. The van der Waals surface area contributed by atoms with Crippen LogP contribution in [0.4, 0.5) is 4.79 Å². The largest absolute Gasteiger partial charge is 0.465 e. The van der Waals surface area contributed by atoms with E-state index in [0.29, 0.717) is 6.54 Å². The fourth-order valence-electron chi connectivity index (χ4n) is 1.43. The van der Waals surface area contributed by atoms with Crippen LogP contribution in [0.15, 0.2) is 0 Å². The maximum atomic E-state index is 11.1. The zero-order valence-corrected chi connectivity index (χ0v) is 10.1. The molecule has 0 unspecified atom stereocenters. The Morgan fingerprint density at radius 2 is 2.07 bits per heavy atom. The lowest BCUT2D eigenvalue weighted by Gasteiger charge is -2.38. The van der Waals surface area contributed by atoms with Crippen LogP contribution in [0.3, 0.4) is 0 Å². The Hall–Kier alpha value is -0.420. The van der Waals surface area contributed by atoms with Crippen LogP contribution in [0, 0.1) is 0 Å². The van der Waals surface area contributed by atoms with Crippen molar-refractivity contribution in [2.75, 3.05) is 18.6 Å². The van der Waals surface area contributed by atoms with Crippen molar-refractivity contribution >= 4 is 17.9 Å². The molecule has 14 heavy (non-hydrogen) atoms. The predicted octanol–water partition coefficient (Wildman–Crippen LogP) is 1.46. The Bertz CT molecular complexity index is 192. The third-order valence-corrected chi connectivity index (χ3v) is 2.64. The first-order chi connectivity index (χ1) is 6.34. The van der Waals surface area contributed by atoms with E-state index in [1.165, 1.54) is 4.90 Å². The van der Waals surface area contributed by atoms with Gasteiger partial charge >= 0.3 is 6.09 Å². The van der Waals surface area contributed by atoms with Gasteiger partial charge in [-0.2, -0.15) is 11.8 Å². The van der Waals surface area contributed by atoms with Crippen molar-refractivity contribution in [3.05, 3.63) is 0 Å². The maximum Gasteiger partial charge on any atom is 0.408 e. The summed E-state index contributed by atoms with van der Waals surface area (Å²) in [6.45, 7) is 6.00. The standard InChI is InChI=1S/C9H20N2O2S/c1-9(2,3)11(8(12)13)7(5-10)6-14-4/h7H,5-6,10H2,1-4H3,(H,12,13)/t7-/m0/s1. The zero-order chi connectivity index (χ0) is 11.4. The minimum Gasteiger partial charge on any atom is -0.465 e. The Balaban J connectivity index is 4.70. The Labute approximate surface area is 89.8 Å². The molecule has 0 aliphatic heterocycles. The van der Waals surface area contributed by atoms with E-state index in [0.717, 1.165) is 5.75 Å². The number of amides is 1. The molecule has 5 heteroatoms. The van der Waals surface area contributed by atoms with Crippen molar-refractivity contribution < 1.29 is 9.90 Å². The van der Waals surface area contributed by atoms with Crippen molar-refractivity contribution in [1.29, 1.82) is 0 Å². The fraction of sp³-hybridized carbons (Fsp3) is 0.889. The van der Waals surface area contributed by atoms with E-state index in [4.69, 9.17) is 10.8 Å². The molecule has 1 atom stereocenters. The van der Waals surface area contributed by atoms with Gasteiger partial charge in [-0.25, -0.2) is 4.79 Å². The van der Waals surface area contributed by atoms with Gasteiger partial charge < -0.3 is 10.8 Å². The lowest BCUT2D eigenvalue weighted by molar-refractivity contribution is 0.0791. The molecule has 3 N–H and O–H groups in total. The number of nitrogens with zero attached hydrogens (tertiary/aromatic N) is 1. The molecule has 0 aliphatic rings. The molecule has 0 rings (SSSR count). The molecule has 84 valence electrons. The molecule has 0 saturated heterocycles. The lowest BCUT2D eigenvalue weighted by atomic mass is 10.0. The Morgan fingerprint density at radius 1 is 1.57 bits per heavy atom. The molecule has 4 nitrogen and oxygen atoms in total. The molecular formula is C9H20N2O2S. The minimum absolute atomic E-state index is 0.109. The van der Waals surface area contributed by atoms with Crippen molar-refractivity contribution in [1.82, 2.24) is 4.90 Å². The van der Waals surface area contributed by atoms with Gasteiger partial charge in [0.15, 0.2) is 0 Å². The van der Waals surface area contributed by atoms with Gasteiger partial charge in [0.25, 0.3) is 0 Å². The summed E-state index contributed by atoms with van der Waals surface area (Å²) in [4.78, 5) is 12.5. The van der Waals surface area contributed by atoms with E-state index in [2.05, 4.69) is 0 Å². The first kappa shape index (κ1) is 13.6. The summed E-state index contributed by atoms with van der Waals surface area (Å²) in [5.74, 6) is 0.736. The monoisotopic (exact) mass is 220 g/mol. The van der Waals surface area contributed by atoms with Crippen molar-refractivity contribution in [2.45, 2.75) is 32.4 Å². The van der Waals surface area contributed by atoms with Gasteiger partial charge in [0.05, 0.1) is 6.04 Å². The van der Waals surface area contributed by atoms with Crippen LogP contribution in [-0.4, -0.2) is 46.2 Å². The molecule has 1 amide bonds. The number of carboxylic acid groups (broad SMARTS) is 1. The highest BCUT2D eigenvalue weighted by molar-refractivity contribution is 7.98. The van der Waals surface area contributed by atoms with E-state index < -0.39 is 11.6 Å². The van der Waals surface area contributed by atoms with E-state index in [1.54, 1.807) is 11.8 Å². The summed E-state index contributed by atoms with van der Waals surface area (Å²) in [6.07, 6.45) is 1.05. The average molecular weight is 220 g/mol. The van der Waals surface area contributed by atoms with Crippen molar-refractivity contribution in [3.8, 4) is 0 Å². The van der Waals surface area contributed by atoms with Crippen LogP contribution in [0.1, 0.15) is 20.8 Å². The van der Waals surface area contributed by atoms with Crippen molar-refractivity contribution in [3.63, 3.8) is 0 Å². The molecule has 0 aromatic rings. The van der Waals surface area contributed by atoms with Gasteiger partial charge in [0.1, 0.15) is 0 Å². The third kappa shape index (κ3) is 3.75. The Morgan fingerprint density at radius 3 is 2.29 bits per heavy atom. The summed E-state index contributed by atoms with van der Waals surface area (Å²) < 4.78 is 0. The molecule has 0 aromatic heterocycles. The van der Waals surface area contributed by atoms with Crippen LogP contribution in [0.5, 0.6) is 0 Å². The van der Waals surface area contributed by atoms with Gasteiger partial charge in [0, 0.05) is 17.8 Å². The summed E-state index contributed by atoms with van der Waals surface area (Å²) >= 11 is 1.61. The molecule has 0 heterocycles. The molecule has 0 aromatic carbocycles. The second kappa shape index (κ2) is 5.46. The summed E-state index contributed by atoms with van der Waals surface area (Å²) in [5.41, 5.74) is 5.18. The smallest absolute Gasteiger partial charge is 0.408 e. The van der Waals surface area contributed by atoms with Gasteiger partial charge in [-0.15, -0.1) is 0 Å². The van der Waals surface area contributed by atoms with E-state index >= 15 is 0 Å². The van der Waals surface area contributed by atoms with Gasteiger partial charge in [-0.1, -0.05) is 0 Å². The van der Waals surface area contributed by atoms with Crippen molar-refractivity contribution in [2.24, 2.45) is 5.73 Å². The van der Waals surface area contributed by atoms with E-state index in [-0.39, 0.29) is 6.04 Å². The lowest BCUT2D eigenvalue weighted by Crippen LogP contribution is -2.54. The number of hydrogen-bond donors (Lipinski definition) is 2. The first-order valence-electron chi connectivity index (χ1n) is 4.55. The topological polar surface area (TPSA) is 66.6 Å². The van der Waals surface area contributed by atoms with Crippen LogP contribution in [0.2, 0.25) is 0 Å². The highest BCUT2D eigenvalue weighted by atomic mass is 32.2. The second-order valence-electron chi connectivity index (χ2n) is 4.17. The number of thioether (sulfide) groups is 1. The first-order valence-corrected chi connectivity index (χ1v) is 5.95. The second-order valence-corrected chi connectivity index (χ2v) is 5.08. The van der Waals surface area contributed by atoms with Crippen LogP contribution in [-0.2, 0) is 0 Å². The summed E-state index contributed by atoms with van der Waals surface area (Å²) in [6, 6.07) is -0.109. The SMILES string of the molecule is CSC[C@H](CN)N(C(=O)O)C(C)(C)C. The maximum absolute atomic E-state index is 11.1. The highest BCUT2D eigenvalue weighted by Crippen LogP contribution is 2.18. The molecule has 0 saturated carbocycles. The molecule has 0 fully saturated rings. The normalized spacial score (nSPS) is 13.8. The van der Waals surface area contributed by atoms with Crippen LogP contribution >= 0.6 is 11.8 Å². The molecule has 0 spiro atoms. The van der Waals surface area contributed by atoms with Gasteiger partial charge in [-0.05, 0) is 27.0 Å². The quantitative estimate of drug-likeness (QED) is 0.752. The minimum atomic E-state index is -0.901. The highest BCUT2D eigenvalue weighted by Gasteiger charge is 2.31. The molecule has 0 radical (unpaired) electrons. The number of carbonyl (C=O) groups is 1.